The van der Waals surface area contributed by atoms with Crippen LogP contribution >= 0.6 is 12.4 Å². The number of piperidine rings is 1. The molecule has 1 fully saturated rings. The van der Waals surface area contributed by atoms with Crippen LogP contribution in [0.1, 0.15) is 19.8 Å². The molecule has 0 bridgehead atoms. The van der Waals surface area contributed by atoms with E-state index in [2.05, 4.69) is 5.32 Å². The van der Waals surface area contributed by atoms with E-state index in [0.717, 1.165) is 19.4 Å². The van der Waals surface area contributed by atoms with Crippen molar-refractivity contribution in [3.8, 4) is 0 Å². The second-order valence-corrected chi connectivity index (χ2v) is 4.29. The first-order chi connectivity index (χ1) is 7.85. The Kier molecular flexibility index (Phi) is 6.91. The Morgan fingerprint density at radius 2 is 2.06 bits per heavy atom. The summed E-state index contributed by atoms with van der Waals surface area (Å²) in [4.78, 5) is 11.0. The summed E-state index contributed by atoms with van der Waals surface area (Å²) in [6, 6.07) is -0.542. The van der Waals surface area contributed by atoms with Crippen molar-refractivity contribution in [2.45, 2.75) is 38.2 Å². The fraction of sp³-hybridized carbons (Fsp3) is 0.900. The van der Waals surface area contributed by atoms with Crippen LogP contribution in [0.5, 0.6) is 0 Å². The van der Waals surface area contributed by atoms with Crippen molar-refractivity contribution in [2.24, 2.45) is 5.92 Å². The highest BCUT2D eigenvalue weighted by molar-refractivity contribution is 5.85. The van der Waals surface area contributed by atoms with Crippen LogP contribution in [0.4, 0.5) is 17.6 Å². The van der Waals surface area contributed by atoms with E-state index in [9.17, 15) is 22.4 Å². The summed E-state index contributed by atoms with van der Waals surface area (Å²) < 4.78 is 49.2. The molecular weight excluding hydrogens is 276 g/mol. The van der Waals surface area contributed by atoms with Gasteiger partial charge in [-0.3, -0.25) is 4.79 Å². The largest absolute Gasteiger partial charge is 0.383 e. The standard InChI is InChI=1S/C10H16F4N2O.ClH/c1-6(7-3-2-4-15-5-7)16-9(17)10(13,14)8(11)12;/h6-8,15H,2-5H2,1H3,(H,16,17);1H. The molecule has 108 valence electrons. The maximum atomic E-state index is 12.7. The first-order valence-corrected chi connectivity index (χ1v) is 5.53. The van der Waals surface area contributed by atoms with Crippen LogP contribution in [-0.4, -0.2) is 37.4 Å². The Morgan fingerprint density at radius 1 is 1.44 bits per heavy atom. The summed E-state index contributed by atoms with van der Waals surface area (Å²) >= 11 is 0. The topological polar surface area (TPSA) is 41.1 Å². The van der Waals surface area contributed by atoms with E-state index in [-0.39, 0.29) is 18.3 Å². The van der Waals surface area contributed by atoms with Crippen molar-refractivity contribution in [3.63, 3.8) is 0 Å². The number of alkyl halides is 4. The molecule has 3 nitrogen and oxygen atoms in total. The van der Waals surface area contributed by atoms with Crippen molar-refractivity contribution in [1.29, 1.82) is 0 Å². The number of halogens is 5. The summed E-state index contributed by atoms with van der Waals surface area (Å²) in [5.74, 6) is -6.51. The molecule has 1 saturated heterocycles. The highest BCUT2D eigenvalue weighted by atomic mass is 35.5. The number of rotatable bonds is 4. The number of nitrogens with one attached hydrogen (secondary N) is 2. The quantitative estimate of drug-likeness (QED) is 0.776. The van der Waals surface area contributed by atoms with E-state index in [1.54, 1.807) is 6.92 Å². The first kappa shape index (κ1) is 17.4. The summed E-state index contributed by atoms with van der Waals surface area (Å²) in [6.07, 6.45) is -2.30. The average Bonchev–Trinajstić information content (AvgIpc) is 2.29. The Bertz CT molecular complexity index is 273. The number of hydrogen-bond acceptors (Lipinski definition) is 2. The predicted octanol–water partition coefficient (Wildman–Crippen LogP) is 1.81. The molecule has 0 saturated carbocycles. The Labute approximate surface area is 109 Å². The molecular formula is C10H17ClF4N2O. The van der Waals surface area contributed by atoms with Gasteiger partial charge in [0.1, 0.15) is 0 Å². The minimum absolute atomic E-state index is 0. The van der Waals surface area contributed by atoms with Crippen molar-refractivity contribution in [1.82, 2.24) is 10.6 Å². The van der Waals surface area contributed by atoms with E-state index < -0.39 is 24.3 Å². The number of hydrogen-bond donors (Lipinski definition) is 2. The summed E-state index contributed by atoms with van der Waals surface area (Å²) in [6.45, 7) is 3.00. The van der Waals surface area contributed by atoms with Gasteiger partial charge in [-0.05, 0) is 38.8 Å². The van der Waals surface area contributed by atoms with Gasteiger partial charge in [-0.15, -0.1) is 12.4 Å². The normalized spacial score (nSPS) is 22.2. The van der Waals surface area contributed by atoms with Gasteiger partial charge in [0.15, 0.2) is 0 Å². The van der Waals surface area contributed by atoms with Crippen LogP contribution in [-0.2, 0) is 4.79 Å². The molecule has 0 aromatic carbocycles. The fourth-order valence-electron chi connectivity index (χ4n) is 1.83. The van der Waals surface area contributed by atoms with Gasteiger partial charge in [0.2, 0.25) is 0 Å². The zero-order chi connectivity index (χ0) is 13.1. The second kappa shape index (κ2) is 7.13. The van der Waals surface area contributed by atoms with Crippen LogP contribution in [0.25, 0.3) is 0 Å². The summed E-state index contributed by atoms with van der Waals surface area (Å²) in [5, 5.41) is 5.03. The molecule has 2 unspecified atom stereocenters. The second-order valence-electron chi connectivity index (χ2n) is 4.29. The Balaban J connectivity index is 0.00000289. The van der Waals surface area contributed by atoms with E-state index in [1.165, 1.54) is 0 Å². The average molecular weight is 293 g/mol. The molecule has 1 aliphatic heterocycles. The number of amides is 1. The molecule has 2 atom stereocenters. The molecule has 8 heteroatoms. The van der Waals surface area contributed by atoms with Crippen LogP contribution in [0, 0.1) is 5.92 Å². The molecule has 18 heavy (non-hydrogen) atoms. The lowest BCUT2D eigenvalue weighted by molar-refractivity contribution is -0.170. The molecule has 0 aromatic heterocycles. The van der Waals surface area contributed by atoms with Gasteiger partial charge >= 0.3 is 12.3 Å². The van der Waals surface area contributed by atoms with Crippen molar-refractivity contribution in [3.05, 3.63) is 0 Å². The number of carbonyl (C=O) groups is 1. The SMILES string of the molecule is CC(NC(=O)C(F)(F)C(F)F)C1CCCNC1.Cl. The predicted molar refractivity (Wildman–Crippen MR) is 61.4 cm³/mol. The summed E-state index contributed by atoms with van der Waals surface area (Å²) in [7, 11) is 0. The van der Waals surface area contributed by atoms with Crippen LogP contribution in [0.3, 0.4) is 0 Å². The molecule has 0 aromatic rings. The molecule has 0 aliphatic carbocycles. The van der Waals surface area contributed by atoms with E-state index in [1.807, 2.05) is 5.32 Å². The zero-order valence-electron chi connectivity index (χ0n) is 9.89. The first-order valence-electron chi connectivity index (χ1n) is 5.53. The Hall–Kier alpha value is -0.560. The van der Waals surface area contributed by atoms with E-state index in [4.69, 9.17) is 0 Å². The van der Waals surface area contributed by atoms with Crippen LogP contribution < -0.4 is 10.6 Å². The minimum Gasteiger partial charge on any atom is -0.348 e. The van der Waals surface area contributed by atoms with Crippen molar-refractivity contribution < 1.29 is 22.4 Å². The Morgan fingerprint density at radius 3 is 2.50 bits per heavy atom. The fourth-order valence-corrected chi connectivity index (χ4v) is 1.83. The third kappa shape index (κ3) is 4.28. The summed E-state index contributed by atoms with van der Waals surface area (Å²) in [5.41, 5.74) is 0. The highest BCUT2D eigenvalue weighted by Gasteiger charge is 2.49. The molecule has 2 N–H and O–H groups in total. The maximum Gasteiger partial charge on any atom is 0.383 e. The zero-order valence-corrected chi connectivity index (χ0v) is 10.7. The van der Waals surface area contributed by atoms with E-state index in [0.29, 0.717) is 6.54 Å². The van der Waals surface area contributed by atoms with Gasteiger partial charge in [0.25, 0.3) is 5.91 Å². The van der Waals surface area contributed by atoms with Crippen LogP contribution in [0.15, 0.2) is 0 Å². The molecule has 1 amide bonds. The molecule has 1 rings (SSSR count). The lowest BCUT2D eigenvalue weighted by atomic mass is 9.92. The lowest BCUT2D eigenvalue weighted by Gasteiger charge is -2.29. The number of carbonyl (C=O) groups excluding carboxylic acids is 1. The molecule has 0 spiro atoms. The van der Waals surface area contributed by atoms with Crippen LogP contribution in [0.2, 0.25) is 0 Å². The van der Waals surface area contributed by atoms with Gasteiger partial charge in [0.05, 0.1) is 0 Å². The highest BCUT2D eigenvalue weighted by Crippen LogP contribution is 2.24. The third-order valence-corrected chi connectivity index (χ3v) is 2.98. The third-order valence-electron chi connectivity index (χ3n) is 2.98. The van der Waals surface area contributed by atoms with Crippen molar-refractivity contribution in [2.75, 3.05) is 13.1 Å². The minimum atomic E-state index is -4.61. The smallest absolute Gasteiger partial charge is 0.348 e. The maximum absolute atomic E-state index is 12.7. The van der Waals surface area contributed by atoms with Crippen molar-refractivity contribution >= 4 is 18.3 Å². The van der Waals surface area contributed by atoms with E-state index >= 15 is 0 Å². The molecule has 1 heterocycles. The monoisotopic (exact) mass is 292 g/mol. The van der Waals surface area contributed by atoms with Gasteiger partial charge in [-0.25, -0.2) is 8.78 Å². The van der Waals surface area contributed by atoms with Gasteiger partial charge < -0.3 is 10.6 Å². The van der Waals surface area contributed by atoms with Gasteiger partial charge in [-0.2, -0.15) is 8.78 Å². The van der Waals surface area contributed by atoms with Gasteiger partial charge in [0, 0.05) is 6.04 Å². The lowest BCUT2D eigenvalue weighted by Crippen LogP contribution is -2.52. The molecule has 0 radical (unpaired) electrons. The van der Waals surface area contributed by atoms with Gasteiger partial charge in [-0.1, -0.05) is 0 Å². The molecule has 1 aliphatic rings.